The zero-order valence-corrected chi connectivity index (χ0v) is 19.5. The van der Waals surface area contributed by atoms with Gasteiger partial charge in [-0.25, -0.2) is 0 Å². The molecule has 0 unspecified atom stereocenters. The summed E-state index contributed by atoms with van der Waals surface area (Å²) in [6.07, 6.45) is 1.78. The molecular weight excluding hydrogens is 461 g/mol. The quantitative estimate of drug-likeness (QED) is 0.315. The lowest BCUT2D eigenvalue weighted by molar-refractivity contribution is 0.439. The third kappa shape index (κ3) is 3.88. The SMILES string of the molecule is Cc1ccc(-c2ccc([C@H]3[C@@H](c4ccccn4)NC(=S)N3c3ccc(Cl)cc3)o2)cc1Cl. The lowest BCUT2D eigenvalue weighted by atomic mass is 10.0. The molecule has 0 bridgehead atoms. The van der Waals surface area contributed by atoms with Crippen molar-refractivity contribution >= 4 is 46.2 Å². The van der Waals surface area contributed by atoms with Crippen molar-refractivity contribution in [1.82, 2.24) is 10.3 Å². The van der Waals surface area contributed by atoms with E-state index in [1.165, 1.54) is 0 Å². The van der Waals surface area contributed by atoms with Gasteiger partial charge in [0, 0.05) is 27.5 Å². The molecule has 4 nitrogen and oxygen atoms in total. The van der Waals surface area contributed by atoms with Crippen LogP contribution in [-0.2, 0) is 0 Å². The Hall–Kier alpha value is -2.86. The molecule has 1 aliphatic rings. The molecule has 0 radical (unpaired) electrons. The monoisotopic (exact) mass is 479 g/mol. The minimum absolute atomic E-state index is 0.181. The Morgan fingerprint density at radius 1 is 1.00 bits per heavy atom. The van der Waals surface area contributed by atoms with Crippen LogP contribution >= 0.6 is 35.4 Å². The highest BCUT2D eigenvalue weighted by Crippen LogP contribution is 2.43. The molecule has 7 heteroatoms. The van der Waals surface area contributed by atoms with Gasteiger partial charge in [0.2, 0.25) is 0 Å². The summed E-state index contributed by atoms with van der Waals surface area (Å²) in [6.45, 7) is 1.98. The molecule has 5 rings (SSSR count). The number of halogens is 2. The second-order valence-electron chi connectivity index (χ2n) is 7.64. The van der Waals surface area contributed by atoms with E-state index in [1.807, 2.05) is 79.7 Å². The Kier molecular flexibility index (Phi) is 5.64. The molecule has 0 aliphatic carbocycles. The van der Waals surface area contributed by atoms with Crippen LogP contribution in [-0.4, -0.2) is 10.1 Å². The number of rotatable bonds is 4. The first-order chi connectivity index (χ1) is 15.5. The summed E-state index contributed by atoms with van der Waals surface area (Å²) in [5, 5.41) is 5.40. The number of benzene rings is 2. The fourth-order valence-electron chi connectivity index (χ4n) is 3.94. The van der Waals surface area contributed by atoms with Gasteiger partial charge in [0.05, 0.1) is 11.7 Å². The molecule has 3 heterocycles. The maximum Gasteiger partial charge on any atom is 0.174 e. The van der Waals surface area contributed by atoms with Gasteiger partial charge in [-0.3, -0.25) is 4.98 Å². The van der Waals surface area contributed by atoms with Gasteiger partial charge >= 0.3 is 0 Å². The highest BCUT2D eigenvalue weighted by Gasteiger charge is 2.42. The number of thiocarbonyl (C=S) groups is 1. The van der Waals surface area contributed by atoms with Crippen molar-refractivity contribution in [2.45, 2.75) is 19.0 Å². The predicted molar refractivity (Wildman–Crippen MR) is 133 cm³/mol. The average molecular weight is 480 g/mol. The molecule has 2 atom stereocenters. The van der Waals surface area contributed by atoms with Gasteiger partial charge in [-0.15, -0.1) is 0 Å². The van der Waals surface area contributed by atoms with Crippen molar-refractivity contribution in [3.8, 4) is 11.3 Å². The average Bonchev–Trinajstić information content (AvgIpc) is 3.41. The Balaban J connectivity index is 1.59. The van der Waals surface area contributed by atoms with Gasteiger partial charge in [-0.05, 0) is 79.3 Å². The minimum atomic E-state index is -0.228. The van der Waals surface area contributed by atoms with Gasteiger partial charge in [-0.1, -0.05) is 41.4 Å². The second-order valence-corrected chi connectivity index (χ2v) is 8.87. The van der Waals surface area contributed by atoms with E-state index in [0.717, 1.165) is 34.0 Å². The molecule has 1 aliphatic heterocycles. The number of hydrogen-bond donors (Lipinski definition) is 1. The first-order valence-corrected chi connectivity index (χ1v) is 11.3. The van der Waals surface area contributed by atoms with Crippen LogP contribution in [0.2, 0.25) is 10.0 Å². The van der Waals surface area contributed by atoms with Crippen LogP contribution < -0.4 is 10.2 Å². The molecule has 0 amide bonds. The largest absolute Gasteiger partial charge is 0.459 e. The standard InChI is InChI=1S/C25H19Cl2N3OS/c1-15-5-6-16(14-19(15)27)21-11-12-22(31-21)24-23(20-4-2-3-13-28-20)29-25(32)30(24)18-9-7-17(26)8-10-18/h2-14,23-24H,1H3,(H,29,32)/t23-,24+/m1/s1. The van der Waals surface area contributed by atoms with Crippen LogP contribution in [0.15, 0.2) is 83.4 Å². The van der Waals surface area contributed by atoms with Gasteiger partial charge in [0.1, 0.15) is 17.6 Å². The number of hydrogen-bond acceptors (Lipinski definition) is 3. The summed E-state index contributed by atoms with van der Waals surface area (Å²) in [5.41, 5.74) is 3.75. The highest BCUT2D eigenvalue weighted by molar-refractivity contribution is 7.80. The molecule has 2 aromatic carbocycles. The lowest BCUT2D eigenvalue weighted by Gasteiger charge is -2.26. The van der Waals surface area contributed by atoms with E-state index in [-0.39, 0.29) is 12.1 Å². The fraction of sp³-hybridized carbons (Fsp3) is 0.120. The molecule has 4 aromatic rings. The van der Waals surface area contributed by atoms with E-state index in [1.54, 1.807) is 6.20 Å². The van der Waals surface area contributed by atoms with Crippen LogP contribution in [0.3, 0.4) is 0 Å². The van der Waals surface area contributed by atoms with Crippen molar-refractivity contribution in [1.29, 1.82) is 0 Å². The molecule has 1 saturated heterocycles. The van der Waals surface area contributed by atoms with Crippen molar-refractivity contribution < 1.29 is 4.42 Å². The van der Waals surface area contributed by atoms with Crippen molar-refractivity contribution in [3.63, 3.8) is 0 Å². The van der Waals surface area contributed by atoms with Crippen molar-refractivity contribution in [2.24, 2.45) is 0 Å². The molecule has 1 fully saturated rings. The summed E-state index contributed by atoms with van der Waals surface area (Å²) in [6, 6.07) is 22.9. The van der Waals surface area contributed by atoms with E-state index >= 15 is 0 Å². The number of aryl methyl sites for hydroxylation is 1. The van der Waals surface area contributed by atoms with Crippen LogP contribution in [0.1, 0.15) is 29.1 Å². The number of nitrogens with one attached hydrogen (secondary N) is 1. The van der Waals surface area contributed by atoms with E-state index in [4.69, 9.17) is 39.8 Å². The number of pyridine rings is 1. The topological polar surface area (TPSA) is 41.3 Å². The Bertz CT molecular complexity index is 1270. The normalized spacial score (nSPS) is 18.1. The maximum atomic E-state index is 6.37. The van der Waals surface area contributed by atoms with Crippen molar-refractivity contribution in [3.05, 3.63) is 106 Å². The number of furan rings is 1. The minimum Gasteiger partial charge on any atom is -0.459 e. The van der Waals surface area contributed by atoms with Crippen LogP contribution in [0.4, 0.5) is 5.69 Å². The number of nitrogens with zero attached hydrogens (tertiary/aromatic N) is 2. The number of anilines is 1. The number of aromatic nitrogens is 1. The first-order valence-electron chi connectivity index (χ1n) is 10.1. The summed E-state index contributed by atoms with van der Waals surface area (Å²) < 4.78 is 6.37. The third-order valence-corrected chi connectivity index (χ3v) is 6.55. The second kappa shape index (κ2) is 8.58. The molecule has 0 spiro atoms. The highest BCUT2D eigenvalue weighted by atomic mass is 35.5. The van der Waals surface area contributed by atoms with Gasteiger partial charge in [0.15, 0.2) is 5.11 Å². The zero-order valence-electron chi connectivity index (χ0n) is 17.1. The van der Waals surface area contributed by atoms with Crippen LogP contribution in [0.5, 0.6) is 0 Å². The van der Waals surface area contributed by atoms with Gasteiger partial charge < -0.3 is 14.6 Å². The molecule has 1 N–H and O–H groups in total. The lowest BCUT2D eigenvalue weighted by Crippen LogP contribution is -2.29. The van der Waals surface area contributed by atoms with Gasteiger partial charge in [-0.2, -0.15) is 0 Å². The Labute approximate surface area is 201 Å². The van der Waals surface area contributed by atoms with E-state index in [9.17, 15) is 0 Å². The van der Waals surface area contributed by atoms with Crippen LogP contribution in [0, 0.1) is 6.92 Å². The molecule has 2 aromatic heterocycles. The Morgan fingerprint density at radius 2 is 1.81 bits per heavy atom. The zero-order chi connectivity index (χ0) is 22.2. The molecule has 160 valence electrons. The summed E-state index contributed by atoms with van der Waals surface area (Å²) in [4.78, 5) is 6.62. The van der Waals surface area contributed by atoms with Gasteiger partial charge in [0.25, 0.3) is 0 Å². The van der Waals surface area contributed by atoms with E-state index in [0.29, 0.717) is 15.2 Å². The Morgan fingerprint density at radius 3 is 2.53 bits per heavy atom. The predicted octanol–water partition coefficient (Wildman–Crippen LogP) is 7.13. The van der Waals surface area contributed by atoms with E-state index < -0.39 is 0 Å². The summed E-state index contributed by atoms with van der Waals surface area (Å²) >= 11 is 18.2. The molecule has 0 saturated carbocycles. The van der Waals surface area contributed by atoms with Crippen molar-refractivity contribution in [2.75, 3.05) is 4.90 Å². The maximum absolute atomic E-state index is 6.37. The summed E-state index contributed by atoms with van der Waals surface area (Å²) in [5.74, 6) is 1.52. The summed E-state index contributed by atoms with van der Waals surface area (Å²) in [7, 11) is 0. The molecule has 32 heavy (non-hydrogen) atoms. The first kappa shape index (κ1) is 21.0. The fourth-order valence-corrected chi connectivity index (χ4v) is 4.59. The molecular formula is C25H19Cl2N3OS. The van der Waals surface area contributed by atoms with E-state index in [2.05, 4.69) is 15.2 Å². The smallest absolute Gasteiger partial charge is 0.174 e. The third-order valence-electron chi connectivity index (χ3n) is 5.58. The van der Waals surface area contributed by atoms with Crippen LogP contribution in [0.25, 0.3) is 11.3 Å².